The van der Waals surface area contributed by atoms with Gasteiger partial charge in [-0.25, -0.2) is 4.79 Å². The maximum Gasteiger partial charge on any atom is 0.341 e. The van der Waals surface area contributed by atoms with Crippen LogP contribution in [0.4, 0.5) is 5.00 Å². The van der Waals surface area contributed by atoms with Gasteiger partial charge in [0.15, 0.2) is 11.0 Å². The first-order valence-corrected chi connectivity index (χ1v) is 13.9. The zero-order valence-electron chi connectivity index (χ0n) is 20.5. The van der Waals surface area contributed by atoms with Crippen LogP contribution in [0.2, 0.25) is 0 Å². The van der Waals surface area contributed by atoms with Crippen LogP contribution in [0.15, 0.2) is 52.8 Å². The molecule has 1 aromatic carbocycles. The third kappa shape index (κ3) is 5.45. The van der Waals surface area contributed by atoms with E-state index in [9.17, 15) is 9.59 Å². The Bertz CT molecular complexity index is 1430. The molecule has 1 amide bonds. The van der Waals surface area contributed by atoms with Gasteiger partial charge in [-0.05, 0) is 38.0 Å². The number of aromatic nitrogens is 3. The molecule has 0 bridgehead atoms. The monoisotopic (exact) mass is 538 g/mol. The normalized spacial score (nSPS) is 10.9. The second-order valence-corrected chi connectivity index (χ2v) is 11.1. The molecule has 0 spiro atoms. The van der Waals surface area contributed by atoms with E-state index in [1.165, 1.54) is 35.1 Å². The first-order chi connectivity index (χ1) is 17.3. The number of thiophene rings is 2. The van der Waals surface area contributed by atoms with E-state index in [0.717, 1.165) is 33.6 Å². The van der Waals surface area contributed by atoms with Crippen molar-refractivity contribution in [3.8, 4) is 22.5 Å². The summed E-state index contributed by atoms with van der Waals surface area (Å²) < 4.78 is 6.99. The Kier molecular flexibility index (Phi) is 8.07. The molecule has 0 saturated heterocycles. The van der Waals surface area contributed by atoms with Crippen molar-refractivity contribution < 1.29 is 14.3 Å². The van der Waals surface area contributed by atoms with Crippen molar-refractivity contribution >= 4 is 51.3 Å². The highest BCUT2D eigenvalue weighted by Gasteiger charge is 2.24. The number of allylic oxidation sites excluding steroid dienone is 1. The van der Waals surface area contributed by atoms with E-state index in [-0.39, 0.29) is 11.7 Å². The number of nitrogens with zero attached hydrogens (tertiary/aromatic N) is 3. The fourth-order valence-electron chi connectivity index (χ4n) is 3.74. The topological polar surface area (TPSA) is 86.1 Å². The quantitative estimate of drug-likeness (QED) is 0.152. The summed E-state index contributed by atoms with van der Waals surface area (Å²) in [6.45, 7) is 10.4. The number of thioether (sulfide) groups is 1. The molecule has 1 N–H and O–H groups in total. The average molecular weight is 539 g/mol. The number of aryl methyl sites for hydroxylation is 3. The third-order valence-electron chi connectivity index (χ3n) is 5.47. The van der Waals surface area contributed by atoms with Crippen molar-refractivity contribution in [3.05, 3.63) is 69.2 Å². The summed E-state index contributed by atoms with van der Waals surface area (Å²) >= 11 is 4.24. The lowest BCUT2D eigenvalue weighted by Crippen LogP contribution is -2.16. The van der Waals surface area contributed by atoms with Crippen molar-refractivity contribution in [2.45, 2.75) is 32.5 Å². The molecule has 0 aliphatic heterocycles. The molecule has 4 aromatic rings. The predicted octanol–water partition coefficient (Wildman–Crippen LogP) is 6.36. The Balaban J connectivity index is 1.54. The van der Waals surface area contributed by atoms with E-state index >= 15 is 0 Å². The van der Waals surface area contributed by atoms with Crippen molar-refractivity contribution in [1.82, 2.24) is 14.8 Å². The summed E-state index contributed by atoms with van der Waals surface area (Å²) in [6, 6.07) is 8.14. The highest BCUT2D eigenvalue weighted by molar-refractivity contribution is 7.99. The number of carbonyl (C=O) groups excluding carboxylic acids is 2. The Morgan fingerprint density at radius 3 is 2.64 bits per heavy atom. The summed E-state index contributed by atoms with van der Waals surface area (Å²) in [5.74, 6) is 0.110. The number of anilines is 1. The molecule has 10 heteroatoms. The molecule has 0 aliphatic carbocycles. The fourth-order valence-corrected chi connectivity index (χ4v) is 6.13. The average Bonchev–Trinajstić information content (AvgIpc) is 3.57. The second-order valence-electron chi connectivity index (χ2n) is 8.15. The number of benzene rings is 1. The molecule has 0 atom stereocenters. The molecular weight excluding hydrogens is 513 g/mol. The number of carbonyl (C=O) groups is 2. The van der Waals surface area contributed by atoms with Crippen LogP contribution in [0, 0.1) is 20.8 Å². The molecule has 0 radical (unpaired) electrons. The van der Waals surface area contributed by atoms with Gasteiger partial charge in [0.25, 0.3) is 0 Å². The Hall–Kier alpha value is -3.21. The van der Waals surface area contributed by atoms with Crippen molar-refractivity contribution in [1.29, 1.82) is 0 Å². The highest BCUT2D eigenvalue weighted by atomic mass is 32.2. The lowest BCUT2D eigenvalue weighted by Gasteiger charge is -2.10. The van der Waals surface area contributed by atoms with Crippen LogP contribution in [0.5, 0.6) is 0 Å². The number of methoxy groups -OCH3 is 1. The number of hydrogen-bond donors (Lipinski definition) is 1. The molecule has 7 nitrogen and oxygen atoms in total. The summed E-state index contributed by atoms with van der Waals surface area (Å²) in [6.07, 6.45) is 1.78. The van der Waals surface area contributed by atoms with Gasteiger partial charge in [0.1, 0.15) is 10.6 Å². The van der Waals surface area contributed by atoms with Gasteiger partial charge in [0.05, 0.1) is 12.9 Å². The highest BCUT2D eigenvalue weighted by Crippen LogP contribution is 2.38. The van der Waals surface area contributed by atoms with Gasteiger partial charge < -0.3 is 10.1 Å². The molecule has 3 heterocycles. The molecule has 0 unspecified atom stereocenters. The first-order valence-electron chi connectivity index (χ1n) is 11.1. The standard InChI is InChI=1S/C26H26N4O3S3/c1-6-9-30-23(18-11-17(4)34-12-18)28-29-26(30)36-14-21(31)27-24-22(25(32)33-5)20(13-35-24)19-10-15(2)7-8-16(19)3/h6-8,10-13H,1,9,14H2,2-5H3,(H,27,31). The van der Waals surface area contributed by atoms with Crippen molar-refractivity contribution in [3.63, 3.8) is 0 Å². The Morgan fingerprint density at radius 2 is 1.94 bits per heavy atom. The first kappa shape index (κ1) is 25.9. The maximum absolute atomic E-state index is 12.9. The summed E-state index contributed by atoms with van der Waals surface area (Å²) in [4.78, 5) is 26.8. The largest absolute Gasteiger partial charge is 0.465 e. The van der Waals surface area contributed by atoms with Crippen molar-refractivity contribution in [2.24, 2.45) is 0 Å². The minimum Gasteiger partial charge on any atom is -0.465 e. The number of ether oxygens (including phenoxy) is 1. The van der Waals surface area contributed by atoms with Crippen LogP contribution in [0.25, 0.3) is 22.5 Å². The molecule has 186 valence electrons. The minimum absolute atomic E-state index is 0.106. The van der Waals surface area contributed by atoms with Gasteiger partial charge >= 0.3 is 5.97 Å². The van der Waals surface area contributed by atoms with E-state index in [1.54, 1.807) is 17.4 Å². The molecule has 0 aliphatic rings. The van der Waals surface area contributed by atoms with Gasteiger partial charge in [0.2, 0.25) is 5.91 Å². The molecule has 36 heavy (non-hydrogen) atoms. The predicted molar refractivity (Wildman–Crippen MR) is 148 cm³/mol. The smallest absolute Gasteiger partial charge is 0.341 e. The van der Waals surface area contributed by atoms with E-state index in [4.69, 9.17) is 4.74 Å². The van der Waals surface area contributed by atoms with Crippen LogP contribution >= 0.6 is 34.4 Å². The van der Waals surface area contributed by atoms with Crippen molar-refractivity contribution in [2.75, 3.05) is 18.2 Å². The number of nitrogens with one attached hydrogen (secondary N) is 1. The van der Waals surface area contributed by atoms with Crippen LogP contribution in [0.1, 0.15) is 26.4 Å². The lowest BCUT2D eigenvalue weighted by atomic mass is 9.97. The van der Waals surface area contributed by atoms with Crippen LogP contribution < -0.4 is 5.32 Å². The number of esters is 1. The molecule has 3 aromatic heterocycles. The Labute approximate surface area is 222 Å². The molecule has 0 fully saturated rings. The lowest BCUT2D eigenvalue weighted by molar-refractivity contribution is -0.113. The van der Waals surface area contributed by atoms with Gasteiger partial charge in [-0.15, -0.1) is 39.4 Å². The number of hydrogen-bond acceptors (Lipinski definition) is 8. The maximum atomic E-state index is 12.9. The van der Waals surface area contributed by atoms with E-state index < -0.39 is 5.97 Å². The molecule has 0 saturated carbocycles. The summed E-state index contributed by atoms with van der Waals surface area (Å²) in [7, 11) is 1.34. The van der Waals surface area contributed by atoms with Crippen LogP contribution in [-0.4, -0.2) is 39.5 Å². The summed E-state index contributed by atoms with van der Waals surface area (Å²) in [5.41, 5.74) is 5.16. The van der Waals surface area contributed by atoms with E-state index in [1.807, 2.05) is 54.3 Å². The molecule has 4 rings (SSSR count). The number of rotatable bonds is 9. The van der Waals surface area contributed by atoms with Gasteiger partial charge in [-0.3, -0.25) is 9.36 Å². The van der Waals surface area contributed by atoms with E-state index in [0.29, 0.717) is 22.3 Å². The molecular formula is C26H26N4O3S3. The fraction of sp³-hybridized carbons (Fsp3) is 0.231. The second kappa shape index (κ2) is 11.2. The van der Waals surface area contributed by atoms with Crippen LogP contribution in [-0.2, 0) is 16.1 Å². The van der Waals surface area contributed by atoms with Crippen LogP contribution in [0.3, 0.4) is 0 Å². The third-order valence-corrected chi connectivity index (χ3v) is 8.19. The van der Waals surface area contributed by atoms with Gasteiger partial charge in [-0.1, -0.05) is 41.6 Å². The SMILES string of the molecule is C=CCn1c(SCC(=O)Nc2scc(-c3cc(C)ccc3C)c2C(=O)OC)nnc1-c1csc(C)c1. The summed E-state index contributed by atoms with van der Waals surface area (Å²) in [5, 5.41) is 16.5. The zero-order valence-corrected chi connectivity index (χ0v) is 22.9. The number of amides is 1. The zero-order chi connectivity index (χ0) is 25.8. The Morgan fingerprint density at radius 1 is 1.14 bits per heavy atom. The van der Waals surface area contributed by atoms with Gasteiger partial charge in [-0.2, -0.15) is 0 Å². The van der Waals surface area contributed by atoms with E-state index in [2.05, 4.69) is 28.2 Å². The van der Waals surface area contributed by atoms with Gasteiger partial charge in [0, 0.05) is 33.3 Å². The minimum atomic E-state index is -0.489.